The van der Waals surface area contributed by atoms with Crippen molar-refractivity contribution in [3.05, 3.63) is 90.3 Å². The van der Waals surface area contributed by atoms with Gasteiger partial charge in [-0.25, -0.2) is 4.98 Å². The summed E-state index contributed by atoms with van der Waals surface area (Å²) in [5, 5.41) is 0. The molecule has 0 bridgehead atoms. The number of para-hydroxylation sites is 2. The van der Waals surface area contributed by atoms with Crippen LogP contribution in [0.25, 0.3) is 0 Å². The quantitative estimate of drug-likeness (QED) is 0.294. The maximum absolute atomic E-state index is 4.50. The average Bonchev–Trinajstić information content (AvgIpc) is 2.60. The topological polar surface area (TPSA) is 37.6 Å². The average molecular weight is 448 g/mol. The van der Waals surface area contributed by atoms with E-state index in [1.165, 1.54) is 0 Å². The molecule has 0 N–H and O–H groups in total. The van der Waals surface area contributed by atoms with E-state index < -0.39 is 0 Å². The SMILES string of the molecule is C(=Nc1ccccc1)c1cccc(C=Nc2ccccc2)n1.[Cl-].[Cl-].[Cl-].[Fe+3]. The van der Waals surface area contributed by atoms with Gasteiger partial charge in [-0.1, -0.05) is 42.5 Å². The largest absolute Gasteiger partial charge is 3.00 e. The third-order valence-electron chi connectivity index (χ3n) is 3.00. The third kappa shape index (κ3) is 8.61. The Labute approximate surface area is 182 Å². The molecule has 0 unspecified atom stereocenters. The number of hydrogen-bond acceptors (Lipinski definition) is 3. The molecular weight excluding hydrogens is 432 g/mol. The van der Waals surface area contributed by atoms with Crippen molar-refractivity contribution in [3.8, 4) is 0 Å². The summed E-state index contributed by atoms with van der Waals surface area (Å²) in [7, 11) is 0. The van der Waals surface area contributed by atoms with E-state index in [2.05, 4.69) is 15.0 Å². The zero-order valence-corrected chi connectivity index (χ0v) is 16.9. The van der Waals surface area contributed by atoms with E-state index in [0.29, 0.717) is 0 Å². The third-order valence-corrected chi connectivity index (χ3v) is 3.00. The number of nitrogens with zero attached hydrogens (tertiary/aromatic N) is 3. The zero-order valence-electron chi connectivity index (χ0n) is 13.5. The minimum absolute atomic E-state index is 0. The van der Waals surface area contributed by atoms with Crippen molar-refractivity contribution in [1.82, 2.24) is 4.98 Å². The van der Waals surface area contributed by atoms with E-state index in [1.807, 2.05) is 78.9 Å². The molecule has 3 rings (SSSR count). The molecular formula is C19H15Cl3FeN3. The van der Waals surface area contributed by atoms with Crippen LogP contribution in [-0.2, 0) is 17.1 Å². The summed E-state index contributed by atoms with van der Waals surface area (Å²) in [6, 6.07) is 25.4. The van der Waals surface area contributed by atoms with Crippen molar-refractivity contribution < 1.29 is 54.3 Å². The van der Waals surface area contributed by atoms with Gasteiger partial charge in [0.25, 0.3) is 0 Å². The standard InChI is InChI=1S/C19H15N3.3ClH.Fe/c1-3-8-16(9-4-1)20-14-18-12-7-13-19(22-18)15-21-17-10-5-2-6-11-17;;;;/h1-15H;3*1H;/q;;;;+3/p-3. The van der Waals surface area contributed by atoms with Crippen LogP contribution in [0.5, 0.6) is 0 Å². The predicted molar refractivity (Wildman–Crippen MR) is 91.6 cm³/mol. The number of pyridine rings is 1. The molecule has 0 amide bonds. The van der Waals surface area contributed by atoms with Crippen LogP contribution in [0.15, 0.2) is 88.8 Å². The summed E-state index contributed by atoms with van der Waals surface area (Å²) in [5.74, 6) is 0. The van der Waals surface area contributed by atoms with Gasteiger partial charge in [0.2, 0.25) is 0 Å². The maximum Gasteiger partial charge on any atom is 3.00 e. The van der Waals surface area contributed by atoms with E-state index in [0.717, 1.165) is 22.8 Å². The number of rotatable bonds is 4. The first-order chi connectivity index (χ1) is 10.9. The van der Waals surface area contributed by atoms with Gasteiger partial charge >= 0.3 is 17.1 Å². The number of halogens is 3. The van der Waals surface area contributed by atoms with Gasteiger partial charge < -0.3 is 37.2 Å². The summed E-state index contributed by atoms with van der Waals surface area (Å²) < 4.78 is 0. The van der Waals surface area contributed by atoms with Gasteiger partial charge in [0.1, 0.15) is 0 Å². The molecule has 1 radical (unpaired) electrons. The maximum atomic E-state index is 4.50. The first kappa shape index (κ1) is 26.5. The van der Waals surface area contributed by atoms with Crippen LogP contribution in [0, 0.1) is 0 Å². The van der Waals surface area contributed by atoms with E-state index in [-0.39, 0.29) is 54.3 Å². The van der Waals surface area contributed by atoms with Crippen LogP contribution < -0.4 is 37.2 Å². The minimum Gasteiger partial charge on any atom is -1.00 e. The second kappa shape index (κ2) is 14.5. The molecule has 1 heterocycles. The summed E-state index contributed by atoms with van der Waals surface area (Å²) >= 11 is 0. The molecule has 3 nitrogen and oxygen atoms in total. The van der Waals surface area contributed by atoms with Gasteiger partial charge in [-0.3, -0.25) is 9.98 Å². The van der Waals surface area contributed by atoms with Crippen molar-refractivity contribution in [2.24, 2.45) is 9.98 Å². The van der Waals surface area contributed by atoms with E-state index in [9.17, 15) is 0 Å². The molecule has 1 aromatic heterocycles. The van der Waals surface area contributed by atoms with Crippen molar-refractivity contribution in [2.75, 3.05) is 0 Å². The van der Waals surface area contributed by atoms with Crippen LogP contribution in [0.3, 0.4) is 0 Å². The molecule has 0 fully saturated rings. The van der Waals surface area contributed by atoms with Crippen molar-refractivity contribution in [3.63, 3.8) is 0 Å². The summed E-state index contributed by atoms with van der Waals surface area (Å²) in [5.41, 5.74) is 3.43. The molecule has 7 heteroatoms. The molecule has 3 aromatic rings. The number of hydrogen-bond donors (Lipinski definition) is 0. The molecule has 0 saturated carbocycles. The molecule has 0 atom stereocenters. The fraction of sp³-hybridized carbons (Fsp3) is 0. The molecule has 0 aliphatic rings. The number of aromatic nitrogens is 1. The molecule has 2 aromatic carbocycles. The molecule has 0 spiro atoms. The van der Waals surface area contributed by atoms with Crippen LogP contribution in [-0.4, -0.2) is 17.4 Å². The second-order valence-electron chi connectivity index (χ2n) is 4.67. The Morgan fingerprint density at radius 1 is 0.538 bits per heavy atom. The zero-order chi connectivity index (χ0) is 15.0. The van der Waals surface area contributed by atoms with Gasteiger partial charge in [0, 0.05) is 0 Å². The minimum atomic E-state index is 0. The fourth-order valence-corrected chi connectivity index (χ4v) is 1.92. The summed E-state index contributed by atoms with van der Waals surface area (Å²) in [6.07, 6.45) is 3.52. The second-order valence-corrected chi connectivity index (χ2v) is 4.67. The van der Waals surface area contributed by atoms with Crippen LogP contribution in [0.4, 0.5) is 11.4 Å². The van der Waals surface area contributed by atoms with Crippen molar-refractivity contribution in [2.45, 2.75) is 0 Å². The van der Waals surface area contributed by atoms with Gasteiger partial charge in [-0.2, -0.15) is 0 Å². The predicted octanol–water partition coefficient (Wildman–Crippen LogP) is -4.41. The molecule has 0 saturated heterocycles. The van der Waals surface area contributed by atoms with E-state index in [1.54, 1.807) is 12.4 Å². The monoisotopic (exact) mass is 446 g/mol. The number of benzene rings is 2. The van der Waals surface area contributed by atoms with E-state index in [4.69, 9.17) is 0 Å². The van der Waals surface area contributed by atoms with Crippen LogP contribution in [0.1, 0.15) is 11.4 Å². The van der Waals surface area contributed by atoms with Crippen molar-refractivity contribution in [1.29, 1.82) is 0 Å². The van der Waals surface area contributed by atoms with Gasteiger partial charge in [0.05, 0.1) is 35.2 Å². The number of aliphatic imine (C=N–C) groups is 2. The molecule has 0 aliphatic carbocycles. The van der Waals surface area contributed by atoms with Crippen molar-refractivity contribution >= 4 is 23.8 Å². The van der Waals surface area contributed by atoms with Gasteiger partial charge in [-0.05, 0) is 36.4 Å². The molecule has 0 aliphatic heterocycles. The Morgan fingerprint density at radius 3 is 1.31 bits per heavy atom. The Bertz CT molecular complexity index is 733. The smallest absolute Gasteiger partial charge is 1.00 e. The summed E-state index contributed by atoms with van der Waals surface area (Å²) in [6.45, 7) is 0. The Kier molecular flexibility index (Phi) is 14.8. The van der Waals surface area contributed by atoms with Crippen LogP contribution in [0.2, 0.25) is 0 Å². The summed E-state index contributed by atoms with van der Waals surface area (Å²) in [4.78, 5) is 13.3. The molecule has 26 heavy (non-hydrogen) atoms. The first-order valence-corrected chi connectivity index (χ1v) is 7.05. The fourth-order valence-electron chi connectivity index (χ4n) is 1.92. The Hall–Kier alpha value is -1.68. The van der Waals surface area contributed by atoms with Gasteiger partial charge in [-0.15, -0.1) is 0 Å². The molecule has 135 valence electrons. The normalized spacial score (nSPS) is 9.54. The van der Waals surface area contributed by atoms with E-state index >= 15 is 0 Å². The Morgan fingerprint density at radius 2 is 0.923 bits per heavy atom. The van der Waals surface area contributed by atoms with Crippen LogP contribution >= 0.6 is 0 Å². The van der Waals surface area contributed by atoms with Gasteiger partial charge in [0.15, 0.2) is 0 Å². The first-order valence-electron chi connectivity index (χ1n) is 7.05. The Balaban J connectivity index is 0.